The number of nitrogens with two attached hydrogens (primary N) is 1. The Morgan fingerprint density at radius 1 is 1.31 bits per heavy atom. The lowest BCUT2D eigenvalue weighted by molar-refractivity contribution is 0.680. The van der Waals surface area contributed by atoms with E-state index in [2.05, 4.69) is 4.98 Å². The van der Waals surface area contributed by atoms with Crippen molar-refractivity contribution in [2.45, 2.75) is 32.1 Å². The fraction of sp³-hybridized carbons (Fsp3) is 0.667. The lowest BCUT2D eigenvalue weighted by Gasteiger charge is -2.06. The molecule has 1 heterocycles. The summed E-state index contributed by atoms with van der Waals surface area (Å²) in [5, 5.41) is 1.24. The molecule has 1 aliphatic carbocycles. The summed E-state index contributed by atoms with van der Waals surface area (Å²) in [6.07, 6.45) is 6.06. The first-order chi connectivity index (χ1) is 5.90. The molecule has 0 spiro atoms. The van der Waals surface area contributed by atoms with Gasteiger partial charge in [0.25, 0.3) is 0 Å². The first-order valence-electron chi connectivity index (χ1n) is 4.57. The number of aryl methyl sites for hydroxylation is 2. The van der Waals surface area contributed by atoms with Crippen molar-refractivity contribution in [2.24, 2.45) is 5.73 Å². The van der Waals surface area contributed by atoms with Crippen molar-refractivity contribution >= 4 is 23.7 Å². The van der Waals surface area contributed by atoms with E-state index in [1.54, 1.807) is 0 Å². The van der Waals surface area contributed by atoms with Gasteiger partial charge in [0, 0.05) is 11.3 Å². The molecule has 4 heteroatoms. The van der Waals surface area contributed by atoms with Crippen LogP contribution in [0.25, 0.3) is 0 Å². The molecule has 0 unspecified atom stereocenters. The van der Waals surface area contributed by atoms with Crippen molar-refractivity contribution in [2.75, 3.05) is 6.54 Å². The second kappa shape index (κ2) is 4.94. The number of hydrogen-bond acceptors (Lipinski definition) is 3. The highest BCUT2D eigenvalue weighted by molar-refractivity contribution is 7.11. The Kier molecular flexibility index (Phi) is 4.16. The molecule has 0 aromatic carbocycles. The summed E-state index contributed by atoms with van der Waals surface area (Å²) in [5.41, 5.74) is 6.84. The van der Waals surface area contributed by atoms with Crippen molar-refractivity contribution in [1.82, 2.24) is 4.98 Å². The molecule has 0 radical (unpaired) electrons. The maximum Gasteiger partial charge on any atom is 0.0943 e. The van der Waals surface area contributed by atoms with Crippen LogP contribution in [-0.4, -0.2) is 11.5 Å². The van der Waals surface area contributed by atoms with Gasteiger partial charge in [-0.2, -0.15) is 0 Å². The first-order valence-corrected chi connectivity index (χ1v) is 5.39. The Morgan fingerprint density at radius 2 is 2.08 bits per heavy atom. The Morgan fingerprint density at radius 3 is 2.77 bits per heavy atom. The summed E-state index contributed by atoms with van der Waals surface area (Å²) in [6.45, 7) is 0.729. The van der Waals surface area contributed by atoms with E-state index in [4.69, 9.17) is 5.73 Å². The lowest BCUT2D eigenvalue weighted by atomic mass is 10.0. The number of thiazole rings is 1. The average molecular weight is 219 g/mol. The smallest absolute Gasteiger partial charge is 0.0943 e. The molecule has 2 N–H and O–H groups in total. The third-order valence-corrected chi connectivity index (χ3v) is 3.47. The molecule has 2 nitrogen and oxygen atoms in total. The Labute approximate surface area is 89.0 Å². The van der Waals surface area contributed by atoms with E-state index in [-0.39, 0.29) is 12.4 Å². The van der Waals surface area contributed by atoms with Gasteiger partial charge >= 0.3 is 0 Å². The Bertz CT molecular complexity index is 249. The minimum Gasteiger partial charge on any atom is -0.330 e. The highest BCUT2D eigenvalue weighted by Gasteiger charge is 2.14. The molecule has 13 heavy (non-hydrogen) atoms. The zero-order valence-corrected chi connectivity index (χ0v) is 9.22. The van der Waals surface area contributed by atoms with Gasteiger partial charge in [-0.25, -0.2) is 4.98 Å². The zero-order valence-electron chi connectivity index (χ0n) is 7.58. The van der Waals surface area contributed by atoms with Crippen LogP contribution in [0, 0.1) is 0 Å². The molecule has 1 aromatic rings. The van der Waals surface area contributed by atoms with Crippen LogP contribution in [-0.2, 0) is 19.3 Å². The first kappa shape index (κ1) is 11.0. The maximum atomic E-state index is 5.49. The quantitative estimate of drug-likeness (QED) is 0.824. The minimum absolute atomic E-state index is 0. The van der Waals surface area contributed by atoms with Crippen molar-refractivity contribution < 1.29 is 0 Å². The molecule has 74 valence electrons. The van der Waals surface area contributed by atoms with Crippen LogP contribution < -0.4 is 5.73 Å². The molecule has 0 atom stereocenters. The normalized spacial score (nSPS) is 14.8. The van der Waals surface area contributed by atoms with Crippen LogP contribution in [0.4, 0.5) is 0 Å². The molecular weight excluding hydrogens is 204 g/mol. The molecule has 2 rings (SSSR count). The summed E-state index contributed by atoms with van der Waals surface area (Å²) in [7, 11) is 0. The largest absolute Gasteiger partial charge is 0.330 e. The van der Waals surface area contributed by atoms with Crippen LogP contribution >= 0.6 is 23.7 Å². The molecule has 0 amide bonds. The third kappa shape index (κ3) is 2.42. The molecule has 0 aliphatic heterocycles. The lowest BCUT2D eigenvalue weighted by Crippen LogP contribution is -2.02. The monoisotopic (exact) mass is 218 g/mol. The second-order valence-corrected chi connectivity index (χ2v) is 4.39. The molecule has 1 aliphatic rings. The Hall–Kier alpha value is -0.120. The molecule has 0 bridgehead atoms. The van der Waals surface area contributed by atoms with E-state index in [9.17, 15) is 0 Å². The highest BCUT2D eigenvalue weighted by Crippen LogP contribution is 2.26. The summed E-state index contributed by atoms with van der Waals surface area (Å²) in [5.74, 6) is 0. The van der Waals surface area contributed by atoms with Crippen molar-refractivity contribution in [3.63, 3.8) is 0 Å². The van der Waals surface area contributed by atoms with Gasteiger partial charge in [0.1, 0.15) is 0 Å². The molecule has 0 saturated carbocycles. The van der Waals surface area contributed by atoms with Crippen LogP contribution in [0.1, 0.15) is 28.4 Å². The standard InChI is InChI=1S/C9H14N2S.ClH/c10-6-5-9-11-7-3-1-2-4-8(7)12-9;/h1-6,10H2;1H. The van der Waals surface area contributed by atoms with Gasteiger partial charge in [-0.05, 0) is 32.2 Å². The summed E-state index contributed by atoms with van der Waals surface area (Å²) in [4.78, 5) is 6.10. The minimum atomic E-state index is 0. The molecule has 1 aromatic heterocycles. The summed E-state index contributed by atoms with van der Waals surface area (Å²) in [6, 6.07) is 0. The number of hydrogen-bond donors (Lipinski definition) is 1. The SMILES string of the molecule is Cl.NCCc1nc2c(s1)CCCC2. The fourth-order valence-electron chi connectivity index (χ4n) is 1.64. The van der Waals surface area contributed by atoms with E-state index in [1.165, 1.54) is 41.3 Å². The van der Waals surface area contributed by atoms with E-state index in [1.807, 2.05) is 11.3 Å². The summed E-state index contributed by atoms with van der Waals surface area (Å²) >= 11 is 1.87. The summed E-state index contributed by atoms with van der Waals surface area (Å²) < 4.78 is 0. The van der Waals surface area contributed by atoms with Crippen LogP contribution in [0.5, 0.6) is 0 Å². The predicted octanol–water partition coefficient (Wildman–Crippen LogP) is 1.94. The van der Waals surface area contributed by atoms with Crippen molar-refractivity contribution in [3.8, 4) is 0 Å². The molecule has 0 fully saturated rings. The van der Waals surface area contributed by atoms with Gasteiger partial charge in [-0.15, -0.1) is 23.7 Å². The van der Waals surface area contributed by atoms with E-state index in [0.717, 1.165) is 13.0 Å². The number of aromatic nitrogens is 1. The van der Waals surface area contributed by atoms with Gasteiger partial charge in [-0.1, -0.05) is 0 Å². The van der Waals surface area contributed by atoms with Crippen LogP contribution in [0.2, 0.25) is 0 Å². The van der Waals surface area contributed by atoms with Gasteiger partial charge < -0.3 is 5.73 Å². The van der Waals surface area contributed by atoms with Gasteiger partial charge in [0.05, 0.1) is 10.7 Å². The third-order valence-electron chi connectivity index (χ3n) is 2.25. The van der Waals surface area contributed by atoms with Crippen molar-refractivity contribution in [3.05, 3.63) is 15.6 Å². The molecular formula is C9H15ClN2S. The van der Waals surface area contributed by atoms with Gasteiger partial charge in [0.15, 0.2) is 0 Å². The Balaban J connectivity index is 0.000000845. The topological polar surface area (TPSA) is 38.9 Å². The number of halogens is 1. The second-order valence-electron chi connectivity index (χ2n) is 3.22. The number of fused-ring (bicyclic) bond motifs is 1. The maximum absolute atomic E-state index is 5.49. The van der Waals surface area contributed by atoms with Gasteiger partial charge in [-0.3, -0.25) is 0 Å². The van der Waals surface area contributed by atoms with Crippen molar-refractivity contribution in [1.29, 1.82) is 0 Å². The number of rotatable bonds is 2. The fourth-order valence-corrected chi connectivity index (χ4v) is 2.81. The molecule has 0 saturated heterocycles. The van der Waals surface area contributed by atoms with E-state index < -0.39 is 0 Å². The predicted molar refractivity (Wildman–Crippen MR) is 58.8 cm³/mol. The zero-order chi connectivity index (χ0) is 8.39. The van der Waals surface area contributed by atoms with E-state index >= 15 is 0 Å². The van der Waals surface area contributed by atoms with Crippen LogP contribution in [0.15, 0.2) is 0 Å². The van der Waals surface area contributed by atoms with E-state index in [0.29, 0.717) is 0 Å². The van der Waals surface area contributed by atoms with Gasteiger partial charge in [0.2, 0.25) is 0 Å². The number of nitrogens with zero attached hydrogens (tertiary/aromatic N) is 1. The highest BCUT2D eigenvalue weighted by atomic mass is 35.5. The average Bonchev–Trinajstić information content (AvgIpc) is 2.47. The van der Waals surface area contributed by atoms with Crippen LogP contribution in [0.3, 0.4) is 0 Å².